The molecule has 1 amide bonds. The Bertz CT molecular complexity index is 874. The summed E-state index contributed by atoms with van der Waals surface area (Å²) >= 11 is 4.70. The third kappa shape index (κ3) is 4.27. The lowest BCUT2D eigenvalue weighted by Gasteiger charge is -2.04. The largest absolute Gasteiger partial charge is 0.352 e. The first-order chi connectivity index (χ1) is 11.6. The minimum absolute atomic E-state index is 0.171. The lowest BCUT2D eigenvalue weighted by molar-refractivity contribution is -0.116. The van der Waals surface area contributed by atoms with E-state index >= 15 is 0 Å². The fraction of sp³-hybridized carbons (Fsp3) is 0.111. The Morgan fingerprint density at radius 2 is 2.12 bits per heavy atom. The number of aromatic nitrogens is 1. The number of carbonyl (C=O) groups excluding carboxylic acids is 1. The summed E-state index contributed by atoms with van der Waals surface area (Å²) in [6.45, 7) is 0.487. The first-order valence-corrected chi connectivity index (χ1v) is 8.98. The Morgan fingerprint density at radius 1 is 1.29 bits per heavy atom. The molecule has 0 aliphatic carbocycles. The van der Waals surface area contributed by atoms with Gasteiger partial charge in [-0.1, -0.05) is 18.2 Å². The fourth-order valence-electron chi connectivity index (χ4n) is 2.19. The topological polar surface area (TPSA) is 42.0 Å². The molecule has 1 N–H and O–H groups in total. The molecule has 0 bridgehead atoms. The number of hydrogen-bond donors (Lipinski definition) is 1. The van der Waals surface area contributed by atoms with E-state index in [4.69, 9.17) is 0 Å². The maximum Gasteiger partial charge on any atom is 0.244 e. The molecule has 0 atom stereocenters. The van der Waals surface area contributed by atoms with E-state index in [1.54, 1.807) is 29.5 Å². The van der Waals surface area contributed by atoms with Crippen molar-refractivity contribution in [3.05, 3.63) is 69.4 Å². The number of thiazole rings is 1. The van der Waals surface area contributed by atoms with Gasteiger partial charge in [-0.15, -0.1) is 11.3 Å². The summed E-state index contributed by atoms with van der Waals surface area (Å²) < 4.78 is 14.7. The van der Waals surface area contributed by atoms with E-state index in [1.807, 2.05) is 24.3 Å². The smallest absolute Gasteiger partial charge is 0.244 e. The summed E-state index contributed by atoms with van der Waals surface area (Å²) in [6.07, 6.45) is 3.84. The molecule has 1 heterocycles. The second-order valence-electron chi connectivity index (χ2n) is 5.14. The van der Waals surface area contributed by atoms with Crippen LogP contribution >= 0.6 is 27.3 Å². The van der Waals surface area contributed by atoms with Gasteiger partial charge in [0.25, 0.3) is 0 Å². The monoisotopic (exact) mass is 404 g/mol. The summed E-state index contributed by atoms with van der Waals surface area (Å²) in [6, 6.07) is 12.7. The van der Waals surface area contributed by atoms with Crippen molar-refractivity contribution >= 4 is 49.5 Å². The molecule has 122 valence electrons. The average molecular weight is 405 g/mol. The number of carbonyl (C=O) groups is 1. The second-order valence-corrected chi connectivity index (χ2v) is 7.06. The van der Waals surface area contributed by atoms with E-state index in [2.05, 4.69) is 26.2 Å². The highest BCUT2D eigenvalue weighted by Gasteiger charge is 2.03. The van der Waals surface area contributed by atoms with Crippen molar-refractivity contribution in [3.8, 4) is 0 Å². The minimum atomic E-state index is -0.290. The summed E-state index contributed by atoms with van der Waals surface area (Å²) in [4.78, 5) is 16.3. The molecule has 1 aromatic heterocycles. The first kappa shape index (κ1) is 16.8. The molecule has 3 aromatic rings. The van der Waals surface area contributed by atoms with Crippen LogP contribution in [0, 0.1) is 5.82 Å². The summed E-state index contributed by atoms with van der Waals surface area (Å²) in [5.41, 5.74) is 1.89. The first-order valence-electron chi connectivity index (χ1n) is 7.37. The maximum atomic E-state index is 13.2. The maximum absolute atomic E-state index is 13.2. The van der Waals surface area contributed by atoms with Gasteiger partial charge < -0.3 is 5.32 Å². The van der Waals surface area contributed by atoms with Crippen molar-refractivity contribution in [1.82, 2.24) is 10.3 Å². The highest BCUT2D eigenvalue weighted by molar-refractivity contribution is 9.10. The van der Waals surface area contributed by atoms with Gasteiger partial charge in [0, 0.05) is 12.6 Å². The Kier molecular flexibility index (Phi) is 5.37. The molecular formula is C18H14BrFN2OS. The van der Waals surface area contributed by atoms with Crippen molar-refractivity contribution in [2.45, 2.75) is 6.42 Å². The van der Waals surface area contributed by atoms with Crippen LogP contribution < -0.4 is 5.32 Å². The van der Waals surface area contributed by atoms with Gasteiger partial charge in [0.1, 0.15) is 10.8 Å². The molecule has 3 nitrogen and oxygen atoms in total. The van der Waals surface area contributed by atoms with Crippen LogP contribution in [0.5, 0.6) is 0 Å². The third-order valence-electron chi connectivity index (χ3n) is 3.38. The van der Waals surface area contributed by atoms with Gasteiger partial charge in [-0.05, 0) is 58.3 Å². The fourth-order valence-corrected chi connectivity index (χ4v) is 3.49. The van der Waals surface area contributed by atoms with E-state index in [0.29, 0.717) is 17.4 Å². The molecule has 0 spiro atoms. The Balaban J connectivity index is 1.52. The molecule has 2 aromatic carbocycles. The van der Waals surface area contributed by atoms with Gasteiger partial charge in [-0.3, -0.25) is 4.79 Å². The van der Waals surface area contributed by atoms with Crippen LogP contribution in [0.1, 0.15) is 10.6 Å². The second kappa shape index (κ2) is 7.68. The lowest BCUT2D eigenvalue weighted by atomic mass is 10.1. The molecule has 3 rings (SSSR count). The highest BCUT2D eigenvalue weighted by atomic mass is 79.9. The van der Waals surface area contributed by atoms with E-state index in [1.165, 1.54) is 12.1 Å². The quantitative estimate of drug-likeness (QED) is 0.632. The number of fused-ring (bicyclic) bond motifs is 1. The van der Waals surface area contributed by atoms with Crippen LogP contribution in [0.4, 0.5) is 4.39 Å². The normalized spacial score (nSPS) is 11.2. The van der Waals surface area contributed by atoms with Gasteiger partial charge >= 0.3 is 0 Å². The molecule has 0 aliphatic heterocycles. The molecule has 0 saturated heterocycles. The van der Waals surface area contributed by atoms with Gasteiger partial charge in [0.05, 0.1) is 14.7 Å². The van der Waals surface area contributed by atoms with Crippen LogP contribution in [0.3, 0.4) is 0 Å². The molecule has 0 saturated carbocycles. The van der Waals surface area contributed by atoms with Gasteiger partial charge in [0.2, 0.25) is 5.91 Å². The van der Waals surface area contributed by atoms with Crippen LogP contribution in [0.15, 0.2) is 53.0 Å². The number of hydrogen-bond acceptors (Lipinski definition) is 3. The van der Waals surface area contributed by atoms with Crippen LogP contribution in [-0.4, -0.2) is 17.4 Å². The predicted octanol–water partition coefficient (Wildman–Crippen LogP) is 4.57. The van der Waals surface area contributed by atoms with Crippen molar-refractivity contribution < 1.29 is 9.18 Å². The highest BCUT2D eigenvalue weighted by Crippen LogP contribution is 2.22. The van der Waals surface area contributed by atoms with Crippen molar-refractivity contribution in [2.75, 3.05) is 6.54 Å². The van der Waals surface area contributed by atoms with Crippen LogP contribution in [-0.2, 0) is 11.2 Å². The average Bonchev–Trinajstić information content (AvgIpc) is 2.99. The minimum Gasteiger partial charge on any atom is -0.352 e. The van der Waals surface area contributed by atoms with Gasteiger partial charge in [-0.2, -0.15) is 0 Å². The van der Waals surface area contributed by atoms with E-state index in [-0.39, 0.29) is 11.7 Å². The zero-order chi connectivity index (χ0) is 16.9. The van der Waals surface area contributed by atoms with Crippen molar-refractivity contribution in [2.24, 2.45) is 0 Å². The van der Waals surface area contributed by atoms with E-state index in [9.17, 15) is 9.18 Å². The summed E-state index contributed by atoms with van der Waals surface area (Å²) in [7, 11) is 0. The number of halogens is 2. The van der Waals surface area contributed by atoms with Crippen LogP contribution in [0.2, 0.25) is 0 Å². The molecule has 6 heteroatoms. The molecule has 0 unspecified atom stereocenters. The Labute approximate surface area is 151 Å². The molecule has 0 fully saturated rings. The number of amides is 1. The van der Waals surface area contributed by atoms with Crippen molar-refractivity contribution in [1.29, 1.82) is 0 Å². The van der Waals surface area contributed by atoms with E-state index < -0.39 is 0 Å². The number of nitrogens with one attached hydrogen (secondary N) is 1. The lowest BCUT2D eigenvalue weighted by Crippen LogP contribution is -2.23. The van der Waals surface area contributed by atoms with Gasteiger partial charge in [0.15, 0.2) is 0 Å². The molecule has 0 aliphatic rings. The zero-order valence-corrected chi connectivity index (χ0v) is 15.0. The Morgan fingerprint density at radius 3 is 2.92 bits per heavy atom. The number of rotatable bonds is 5. The molecular weight excluding hydrogens is 391 g/mol. The molecule has 0 radical (unpaired) electrons. The van der Waals surface area contributed by atoms with Crippen LogP contribution in [0.25, 0.3) is 16.3 Å². The summed E-state index contributed by atoms with van der Waals surface area (Å²) in [5, 5.41) is 3.61. The Hall–Kier alpha value is -2.05. The SMILES string of the molecule is O=C(/C=C\c1nc2ccccc2s1)NCCc1ccc(F)c(Br)c1. The predicted molar refractivity (Wildman–Crippen MR) is 99.5 cm³/mol. The molecule has 24 heavy (non-hydrogen) atoms. The number of para-hydroxylation sites is 1. The third-order valence-corrected chi connectivity index (χ3v) is 4.99. The number of benzene rings is 2. The zero-order valence-electron chi connectivity index (χ0n) is 12.6. The standard InChI is InChI=1S/C18H14BrFN2OS/c19-13-11-12(5-6-14(13)20)9-10-21-17(23)7-8-18-22-15-3-1-2-4-16(15)24-18/h1-8,11H,9-10H2,(H,21,23)/b8-7-. The van der Waals surface area contributed by atoms with E-state index in [0.717, 1.165) is 20.8 Å². The van der Waals surface area contributed by atoms with Gasteiger partial charge in [-0.25, -0.2) is 9.37 Å². The number of nitrogens with zero attached hydrogens (tertiary/aromatic N) is 1. The van der Waals surface area contributed by atoms with Crippen molar-refractivity contribution in [3.63, 3.8) is 0 Å². The summed E-state index contributed by atoms with van der Waals surface area (Å²) in [5.74, 6) is -0.461.